The molecule has 3 aromatic rings. The number of aromatic nitrogens is 1. The lowest BCUT2D eigenvalue weighted by molar-refractivity contribution is -0.145. The summed E-state index contributed by atoms with van der Waals surface area (Å²) in [6, 6.07) is 10.0. The molecule has 12 heteroatoms. The molecule has 0 radical (unpaired) electrons. The molecule has 3 N–H and O–H groups in total. The molecule has 0 unspecified atom stereocenters. The molecule has 0 aliphatic carbocycles. The molecule has 0 bridgehead atoms. The normalized spacial score (nSPS) is 16.3. The van der Waals surface area contributed by atoms with Gasteiger partial charge in [0.1, 0.15) is 18.2 Å². The van der Waals surface area contributed by atoms with E-state index in [4.69, 9.17) is 14.0 Å². The number of ether oxygens (including phenoxy) is 2. The van der Waals surface area contributed by atoms with Gasteiger partial charge in [-0.05, 0) is 59.6 Å². The minimum atomic E-state index is -3.65. The number of benzene rings is 2. The third-order valence-electron chi connectivity index (χ3n) is 8.36. The Bertz CT molecular complexity index is 1720. The molecule has 0 saturated carbocycles. The number of hydrogen-bond donors (Lipinski definition) is 3. The number of carbonyl (C=O) groups is 2. The van der Waals surface area contributed by atoms with Gasteiger partial charge in [-0.15, -0.1) is 0 Å². The zero-order valence-electron chi connectivity index (χ0n) is 29.5. The second kappa shape index (κ2) is 15.5. The number of para-hydroxylation sites is 1. The molecule has 4 rings (SSSR count). The predicted octanol–water partition coefficient (Wildman–Crippen LogP) is 5.96. The Morgan fingerprint density at radius 3 is 2.35 bits per heavy atom. The van der Waals surface area contributed by atoms with Gasteiger partial charge in [-0.1, -0.05) is 59.7 Å². The van der Waals surface area contributed by atoms with Crippen LogP contribution in [0.25, 0.3) is 10.9 Å². The van der Waals surface area contributed by atoms with Gasteiger partial charge in [-0.2, -0.15) is 0 Å². The van der Waals surface area contributed by atoms with Crippen LogP contribution in [0.4, 0.5) is 5.69 Å². The van der Waals surface area contributed by atoms with E-state index in [0.29, 0.717) is 41.9 Å². The topological polar surface area (TPSA) is 139 Å². The Balaban J connectivity index is 1.64. The van der Waals surface area contributed by atoms with E-state index in [2.05, 4.69) is 41.1 Å². The van der Waals surface area contributed by atoms with Gasteiger partial charge < -0.3 is 24.3 Å². The van der Waals surface area contributed by atoms with Crippen LogP contribution in [0.5, 0.6) is 0 Å². The van der Waals surface area contributed by atoms with Crippen LogP contribution in [0.1, 0.15) is 82.4 Å². The van der Waals surface area contributed by atoms with Crippen LogP contribution < -0.4 is 15.8 Å². The lowest BCUT2D eigenvalue weighted by atomic mass is 9.78. The van der Waals surface area contributed by atoms with Crippen molar-refractivity contribution >= 4 is 36.0 Å². The monoisotopic (exact) mass is 682 g/mol. The van der Waals surface area contributed by atoms with Crippen molar-refractivity contribution in [2.24, 2.45) is 0 Å². The van der Waals surface area contributed by atoms with Crippen LogP contribution in [-0.2, 0) is 40.3 Å². The number of H-pyrrole nitrogens is 1. The van der Waals surface area contributed by atoms with Crippen LogP contribution >= 0.6 is 7.52 Å². The van der Waals surface area contributed by atoms with Gasteiger partial charge in [-0.3, -0.25) is 23.8 Å². The first-order valence-corrected chi connectivity index (χ1v) is 18.4. The van der Waals surface area contributed by atoms with Crippen molar-refractivity contribution in [3.8, 4) is 0 Å². The Morgan fingerprint density at radius 2 is 1.71 bits per heavy atom. The molecule has 2 aromatic carbocycles. The summed E-state index contributed by atoms with van der Waals surface area (Å²) in [6.45, 7) is 19.6. The smallest absolute Gasteiger partial charge is 0.323 e. The van der Waals surface area contributed by atoms with Crippen molar-refractivity contribution in [3.05, 3.63) is 75.1 Å². The summed E-state index contributed by atoms with van der Waals surface area (Å²) < 4.78 is 31.1. The van der Waals surface area contributed by atoms with Gasteiger partial charge in [0.25, 0.3) is 13.4 Å². The highest BCUT2D eigenvalue weighted by Gasteiger charge is 2.33. The molecular formula is C36H51N4O7P. The van der Waals surface area contributed by atoms with Crippen molar-refractivity contribution < 1.29 is 28.2 Å². The quantitative estimate of drug-likeness (QED) is 0.156. The highest BCUT2D eigenvalue weighted by Crippen LogP contribution is 2.49. The molecule has 2 atom stereocenters. The Kier molecular flexibility index (Phi) is 12.1. The van der Waals surface area contributed by atoms with E-state index in [0.717, 1.165) is 24.2 Å². The second-order valence-corrected chi connectivity index (χ2v) is 16.5. The number of amides is 1. The van der Waals surface area contributed by atoms with Crippen LogP contribution in [0.2, 0.25) is 0 Å². The SMILES string of the molecule is CCO[P@](=O)(Cc1cc(NC(=O)c2c[nH]c3ccccc3c2=O)c(C(C)(C)C)cc1C(C)(C)C)N[C@@H](C)C(=O)OCCN1CCOCC1. The minimum Gasteiger partial charge on any atom is -0.463 e. The molecule has 48 heavy (non-hydrogen) atoms. The van der Waals surface area contributed by atoms with Crippen LogP contribution in [0.15, 0.2) is 47.4 Å². The van der Waals surface area contributed by atoms with Crippen molar-refractivity contribution in [1.82, 2.24) is 15.0 Å². The number of carbonyl (C=O) groups excluding carboxylic acids is 2. The number of morpholine rings is 1. The fourth-order valence-corrected chi connectivity index (χ4v) is 7.94. The zero-order valence-corrected chi connectivity index (χ0v) is 30.4. The van der Waals surface area contributed by atoms with Crippen LogP contribution in [0, 0.1) is 0 Å². The standard InChI is InChI=1S/C36H51N4O7P/c1-9-47-48(44,39-24(2)34(43)46-19-16-40-14-17-45-18-15-40)23-25-20-31(29(36(6,7)8)21-28(25)35(3,4)5)38-33(42)27-22-37-30-13-11-10-12-26(30)32(27)41/h10-13,20-22,24H,9,14-19,23H2,1-8H3,(H,37,41)(H,38,42)(H,39,44)/t24-,48+/m0/s1. The molecule has 1 aliphatic heterocycles. The molecule has 1 fully saturated rings. The van der Waals surface area contributed by atoms with Gasteiger partial charge in [0, 0.05) is 42.4 Å². The van der Waals surface area contributed by atoms with E-state index >= 15 is 0 Å². The average molecular weight is 683 g/mol. The van der Waals surface area contributed by atoms with Gasteiger partial charge in [-0.25, -0.2) is 5.09 Å². The molecule has 262 valence electrons. The average Bonchev–Trinajstić information content (AvgIpc) is 3.00. The zero-order chi connectivity index (χ0) is 35.3. The fraction of sp³-hybridized carbons (Fsp3) is 0.528. The molecule has 1 aliphatic rings. The maximum absolute atomic E-state index is 14.4. The first kappa shape index (κ1) is 37.5. The second-order valence-electron chi connectivity index (χ2n) is 14.3. The molecule has 1 saturated heterocycles. The lowest BCUT2D eigenvalue weighted by Crippen LogP contribution is -2.40. The maximum Gasteiger partial charge on any atom is 0.323 e. The van der Waals surface area contributed by atoms with Crippen molar-refractivity contribution in [1.29, 1.82) is 0 Å². The summed E-state index contributed by atoms with van der Waals surface area (Å²) in [7, 11) is -3.65. The summed E-state index contributed by atoms with van der Waals surface area (Å²) in [5, 5.41) is 6.37. The van der Waals surface area contributed by atoms with E-state index in [1.807, 2.05) is 39.0 Å². The van der Waals surface area contributed by atoms with Crippen molar-refractivity contribution in [2.75, 3.05) is 51.4 Å². The summed E-state index contributed by atoms with van der Waals surface area (Å²) in [6.07, 6.45) is 1.39. The van der Waals surface area contributed by atoms with Gasteiger partial charge >= 0.3 is 5.97 Å². The third kappa shape index (κ3) is 9.42. The molecule has 0 spiro atoms. The first-order chi connectivity index (χ1) is 22.5. The largest absolute Gasteiger partial charge is 0.463 e. The molecule has 2 heterocycles. The number of anilines is 1. The number of aromatic amines is 1. The Hall–Kier alpha value is -3.34. The molecular weight excluding hydrogens is 631 g/mol. The number of nitrogens with zero attached hydrogens (tertiary/aromatic N) is 1. The van der Waals surface area contributed by atoms with Crippen molar-refractivity contribution in [2.45, 2.75) is 78.4 Å². The number of fused-ring (bicyclic) bond motifs is 1. The third-order valence-corrected chi connectivity index (χ3v) is 10.6. The van der Waals surface area contributed by atoms with Crippen molar-refractivity contribution in [3.63, 3.8) is 0 Å². The molecule has 1 aromatic heterocycles. The Morgan fingerprint density at radius 1 is 1.04 bits per heavy atom. The number of rotatable bonds is 12. The summed E-state index contributed by atoms with van der Waals surface area (Å²) in [4.78, 5) is 45.1. The van der Waals surface area contributed by atoms with E-state index in [9.17, 15) is 18.9 Å². The predicted molar refractivity (Wildman–Crippen MR) is 190 cm³/mol. The Labute approximate surface area is 283 Å². The molecule has 11 nitrogen and oxygen atoms in total. The van der Waals surface area contributed by atoms with Gasteiger partial charge in [0.2, 0.25) is 5.43 Å². The van der Waals surface area contributed by atoms with Gasteiger partial charge in [0.05, 0.1) is 26.0 Å². The highest BCUT2D eigenvalue weighted by molar-refractivity contribution is 7.56. The number of nitrogens with one attached hydrogen (secondary N) is 3. The van der Waals surface area contributed by atoms with E-state index in [-0.39, 0.29) is 35.8 Å². The van der Waals surface area contributed by atoms with Crippen LogP contribution in [0.3, 0.4) is 0 Å². The number of esters is 1. The first-order valence-electron chi connectivity index (χ1n) is 16.6. The molecule has 1 amide bonds. The lowest BCUT2D eigenvalue weighted by Gasteiger charge is -2.31. The van der Waals surface area contributed by atoms with E-state index in [1.165, 1.54) is 6.20 Å². The summed E-state index contributed by atoms with van der Waals surface area (Å²) in [5.74, 6) is -1.07. The highest BCUT2D eigenvalue weighted by atomic mass is 31.2. The number of hydrogen-bond acceptors (Lipinski definition) is 8. The summed E-state index contributed by atoms with van der Waals surface area (Å²) >= 11 is 0. The maximum atomic E-state index is 14.4. The van der Waals surface area contributed by atoms with E-state index < -0.39 is 30.9 Å². The van der Waals surface area contributed by atoms with E-state index in [1.54, 1.807) is 32.0 Å². The summed E-state index contributed by atoms with van der Waals surface area (Å²) in [5.41, 5.74) is 2.47. The van der Waals surface area contributed by atoms with Gasteiger partial charge in [0.15, 0.2) is 0 Å². The minimum absolute atomic E-state index is 0.0161. The fourth-order valence-electron chi connectivity index (χ4n) is 5.86. The number of pyridine rings is 1. The van der Waals surface area contributed by atoms with Crippen LogP contribution in [-0.4, -0.2) is 73.9 Å².